The fourth-order valence-electron chi connectivity index (χ4n) is 2.10. The van der Waals surface area contributed by atoms with Gasteiger partial charge in [0.1, 0.15) is 0 Å². The molecule has 0 spiro atoms. The number of ether oxygens (including phenoxy) is 2. The van der Waals surface area contributed by atoms with Crippen molar-refractivity contribution in [1.82, 2.24) is 9.78 Å². The molecule has 2 rings (SSSR count). The van der Waals surface area contributed by atoms with Gasteiger partial charge < -0.3 is 9.47 Å². The first-order chi connectivity index (χ1) is 10.9. The Morgan fingerprint density at radius 3 is 2.61 bits per heavy atom. The monoisotopic (exact) mass is 316 g/mol. The standard InChI is InChI=1S/C17H20N2O4/c1-5-22-17(21)16-14(23-11(2)3)10-15(20)19(18-16)13-9-7-6-8-12(13)4/h6-11H,5H2,1-4H3. The summed E-state index contributed by atoms with van der Waals surface area (Å²) in [5.41, 5.74) is 1.10. The number of hydrogen-bond acceptors (Lipinski definition) is 5. The maximum absolute atomic E-state index is 12.4. The summed E-state index contributed by atoms with van der Waals surface area (Å²) in [5, 5.41) is 4.18. The molecule has 1 aromatic heterocycles. The van der Waals surface area contributed by atoms with Crippen LogP contribution in [0.15, 0.2) is 35.1 Å². The van der Waals surface area contributed by atoms with Gasteiger partial charge in [-0.1, -0.05) is 18.2 Å². The van der Waals surface area contributed by atoms with Crippen LogP contribution in [-0.2, 0) is 4.74 Å². The number of hydrogen-bond donors (Lipinski definition) is 0. The van der Waals surface area contributed by atoms with Gasteiger partial charge in [0, 0.05) is 0 Å². The van der Waals surface area contributed by atoms with Crippen molar-refractivity contribution in [2.75, 3.05) is 6.61 Å². The largest absolute Gasteiger partial charge is 0.488 e. The molecule has 0 saturated heterocycles. The van der Waals surface area contributed by atoms with E-state index >= 15 is 0 Å². The van der Waals surface area contributed by atoms with Crippen LogP contribution < -0.4 is 10.3 Å². The average molecular weight is 316 g/mol. The van der Waals surface area contributed by atoms with E-state index in [1.807, 2.05) is 32.9 Å². The average Bonchev–Trinajstić information content (AvgIpc) is 2.48. The van der Waals surface area contributed by atoms with Crippen molar-refractivity contribution in [3.05, 3.63) is 51.9 Å². The normalized spacial score (nSPS) is 10.7. The molecule has 0 radical (unpaired) electrons. The van der Waals surface area contributed by atoms with Gasteiger partial charge in [-0.3, -0.25) is 4.79 Å². The topological polar surface area (TPSA) is 70.4 Å². The fourth-order valence-corrected chi connectivity index (χ4v) is 2.10. The van der Waals surface area contributed by atoms with Gasteiger partial charge in [0.05, 0.1) is 24.5 Å². The van der Waals surface area contributed by atoms with Crippen molar-refractivity contribution in [2.24, 2.45) is 0 Å². The van der Waals surface area contributed by atoms with E-state index in [0.717, 1.165) is 5.56 Å². The Bertz CT molecular complexity index is 765. The molecule has 0 aliphatic carbocycles. The fraction of sp³-hybridized carbons (Fsp3) is 0.353. The van der Waals surface area contributed by atoms with Crippen molar-refractivity contribution in [1.29, 1.82) is 0 Å². The Morgan fingerprint density at radius 1 is 1.30 bits per heavy atom. The van der Waals surface area contributed by atoms with Crippen molar-refractivity contribution in [3.63, 3.8) is 0 Å². The highest BCUT2D eigenvalue weighted by molar-refractivity contribution is 5.90. The Morgan fingerprint density at radius 2 is 2.00 bits per heavy atom. The van der Waals surface area contributed by atoms with E-state index in [0.29, 0.717) is 5.69 Å². The molecule has 0 aliphatic rings. The van der Waals surface area contributed by atoms with E-state index in [-0.39, 0.29) is 29.7 Å². The van der Waals surface area contributed by atoms with Gasteiger partial charge in [0.25, 0.3) is 5.56 Å². The lowest BCUT2D eigenvalue weighted by Gasteiger charge is -2.15. The van der Waals surface area contributed by atoms with E-state index < -0.39 is 5.97 Å². The van der Waals surface area contributed by atoms with Crippen LogP contribution in [0, 0.1) is 6.92 Å². The lowest BCUT2D eigenvalue weighted by Crippen LogP contribution is -2.26. The van der Waals surface area contributed by atoms with E-state index in [9.17, 15) is 9.59 Å². The minimum Gasteiger partial charge on any atom is -0.488 e. The molecular formula is C17H20N2O4. The van der Waals surface area contributed by atoms with Gasteiger partial charge in [-0.2, -0.15) is 9.78 Å². The van der Waals surface area contributed by atoms with Gasteiger partial charge >= 0.3 is 5.97 Å². The van der Waals surface area contributed by atoms with E-state index in [1.165, 1.54) is 10.7 Å². The van der Waals surface area contributed by atoms with Crippen LogP contribution in [0.2, 0.25) is 0 Å². The molecule has 0 amide bonds. The molecule has 6 nitrogen and oxygen atoms in total. The second kappa shape index (κ2) is 7.09. The van der Waals surface area contributed by atoms with Gasteiger partial charge in [-0.25, -0.2) is 4.79 Å². The second-order valence-corrected chi connectivity index (χ2v) is 5.28. The maximum atomic E-state index is 12.4. The molecule has 0 atom stereocenters. The third-order valence-electron chi connectivity index (χ3n) is 3.07. The first kappa shape index (κ1) is 16.7. The zero-order chi connectivity index (χ0) is 17.0. The molecule has 0 unspecified atom stereocenters. The number of aromatic nitrogens is 2. The van der Waals surface area contributed by atoms with Gasteiger partial charge in [0.15, 0.2) is 5.75 Å². The van der Waals surface area contributed by atoms with Crippen LogP contribution in [0.25, 0.3) is 5.69 Å². The lowest BCUT2D eigenvalue weighted by molar-refractivity contribution is 0.0510. The number of esters is 1. The van der Waals surface area contributed by atoms with Crippen molar-refractivity contribution in [3.8, 4) is 11.4 Å². The highest BCUT2D eigenvalue weighted by Gasteiger charge is 2.20. The summed E-state index contributed by atoms with van der Waals surface area (Å²) in [6, 6.07) is 8.57. The number of carbonyl (C=O) groups excluding carboxylic acids is 1. The molecule has 0 saturated carbocycles. The molecule has 0 bridgehead atoms. The molecule has 1 heterocycles. The van der Waals surface area contributed by atoms with Crippen LogP contribution in [0.5, 0.6) is 5.75 Å². The number of rotatable bonds is 5. The summed E-state index contributed by atoms with van der Waals surface area (Å²) in [7, 11) is 0. The van der Waals surface area contributed by atoms with Gasteiger partial charge in [-0.15, -0.1) is 0 Å². The molecular weight excluding hydrogens is 296 g/mol. The van der Waals surface area contributed by atoms with E-state index in [2.05, 4.69) is 5.10 Å². The Labute approximate surface area is 134 Å². The molecule has 23 heavy (non-hydrogen) atoms. The summed E-state index contributed by atoms with van der Waals surface area (Å²) >= 11 is 0. The number of benzene rings is 1. The SMILES string of the molecule is CCOC(=O)c1nn(-c2ccccc2C)c(=O)cc1OC(C)C. The Kier molecular flexibility index (Phi) is 5.16. The minimum absolute atomic E-state index is 0.0107. The molecule has 1 aromatic carbocycles. The third kappa shape index (κ3) is 3.77. The van der Waals surface area contributed by atoms with Gasteiger partial charge in [-0.05, 0) is 39.3 Å². The van der Waals surface area contributed by atoms with Crippen LogP contribution in [0.3, 0.4) is 0 Å². The molecule has 0 N–H and O–H groups in total. The smallest absolute Gasteiger partial charge is 0.362 e. The zero-order valence-corrected chi connectivity index (χ0v) is 13.7. The summed E-state index contributed by atoms with van der Waals surface area (Å²) < 4.78 is 11.7. The second-order valence-electron chi connectivity index (χ2n) is 5.28. The molecule has 6 heteroatoms. The van der Waals surface area contributed by atoms with Crippen LogP contribution in [-0.4, -0.2) is 28.5 Å². The zero-order valence-electron chi connectivity index (χ0n) is 13.7. The highest BCUT2D eigenvalue weighted by atomic mass is 16.5. The van der Waals surface area contributed by atoms with Gasteiger partial charge in [0.2, 0.25) is 5.69 Å². The van der Waals surface area contributed by atoms with Crippen molar-refractivity contribution < 1.29 is 14.3 Å². The van der Waals surface area contributed by atoms with Crippen molar-refractivity contribution >= 4 is 5.97 Å². The first-order valence-corrected chi connectivity index (χ1v) is 7.48. The number of nitrogens with zero attached hydrogens (tertiary/aromatic N) is 2. The summed E-state index contributed by atoms with van der Waals surface area (Å²) in [6.07, 6.45) is -0.196. The lowest BCUT2D eigenvalue weighted by atomic mass is 10.2. The molecule has 122 valence electrons. The Hall–Kier alpha value is -2.63. The number of para-hydroxylation sites is 1. The molecule has 0 aliphatic heterocycles. The first-order valence-electron chi connectivity index (χ1n) is 7.48. The van der Waals surface area contributed by atoms with Crippen LogP contribution in [0.1, 0.15) is 36.8 Å². The minimum atomic E-state index is -0.620. The van der Waals surface area contributed by atoms with E-state index in [4.69, 9.17) is 9.47 Å². The summed E-state index contributed by atoms with van der Waals surface area (Å²) in [5.74, 6) is -0.487. The van der Waals surface area contributed by atoms with E-state index in [1.54, 1.807) is 19.1 Å². The molecule has 0 fully saturated rings. The highest BCUT2D eigenvalue weighted by Crippen LogP contribution is 2.18. The quantitative estimate of drug-likeness (QED) is 0.793. The third-order valence-corrected chi connectivity index (χ3v) is 3.07. The van der Waals surface area contributed by atoms with Crippen LogP contribution in [0.4, 0.5) is 0 Å². The Balaban J connectivity index is 2.62. The van der Waals surface area contributed by atoms with Crippen molar-refractivity contribution in [2.45, 2.75) is 33.8 Å². The number of carbonyl (C=O) groups is 1. The number of aryl methyl sites for hydroxylation is 1. The predicted octanol–water partition coefficient (Wildman–Crippen LogP) is 2.50. The summed E-state index contributed by atoms with van der Waals surface area (Å²) in [4.78, 5) is 24.5. The van der Waals surface area contributed by atoms with Crippen LogP contribution >= 0.6 is 0 Å². The molecule has 2 aromatic rings. The maximum Gasteiger partial charge on any atom is 0.362 e. The summed E-state index contributed by atoms with van der Waals surface area (Å²) in [6.45, 7) is 7.40. The predicted molar refractivity (Wildman–Crippen MR) is 86.3 cm³/mol.